The Morgan fingerprint density at radius 1 is 1.27 bits per heavy atom. The second-order valence-corrected chi connectivity index (χ2v) is 8.28. The molecular weight excluding hydrogens is 380 g/mol. The molecule has 0 radical (unpaired) electrons. The predicted molar refractivity (Wildman–Crippen MR) is 113 cm³/mol. The summed E-state index contributed by atoms with van der Waals surface area (Å²) in [6.45, 7) is 2.71. The van der Waals surface area contributed by atoms with E-state index in [2.05, 4.69) is 22.4 Å². The third kappa shape index (κ3) is 2.76. The van der Waals surface area contributed by atoms with Crippen LogP contribution in [0.25, 0.3) is 11.2 Å². The van der Waals surface area contributed by atoms with Gasteiger partial charge in [0.2, 0.25) is 5.95 Å². The van der Waals surface area contributed by atoms with E-state index in [1.807, 2.05) is 13.0 Å². The third-order valence-electron chi connectivity index (χ3n) is 6.40. The molecule has 1 aromatic carbocycles. The van der Waals surface area contributed by atoms with Crippen molar-refractivity contribution < 1.29 is 4.74 Å². The smallest absolute Gasteiger partial charge is 0.331 e. The molecule has 8 heteroatoms. The van der Waals surface area contributed by atoms with E-state index in [1.165, 1.54) is 4.57 Å². The number of benzene rings is 1. The van der Waals surface area contributed by atoms with Crippen LogP contribution in [0.5, 0.6) is 5.75 Å². The number of nitrogens with one attached hydrogen (secondary N) is 1. The van der Waals surface area contributed by atoms with Gasteiger partial charge < -0.3 is 10.1 Å². The summed E-state index contributed by atoms with van der Waals surface area (Å²) in [7, 11) is 1.70. The van der Waals surface area contributed by atoms with Crippen molar-refractivity contribution >= 4 is 22.8 Å². The predicted octanol–water partition coefficient (Wildman–Crippen LogP) is 3.30. The number of hydrogen-bond acceptors (Lipinski definition) is 6. The number of anilines is 2. The van der Waals surface area contributed by atoms with E-state index in [4.69, 9.17) is 9.72 Å². The first kappa shape index (κ1) is 18.7. The molecule has 1 aliphatic heterocycles. The molecule has 2 aromatic heterocycles. The first-order valence-corrected chi connectivity index (χ1v) is 10.4. The second kappa shape index (κ2) is 6.87. The number of imidazole rings is 1. The Morgan fingerprint density at radius 3 is 2.83 bits per heavy atom. The molecular formula is C22H24N6O2. The normalized spacial score (nSPS) is 17.4. The van der Waals surface area contributed by atoms with Gasteiger partial charge in [-0.1, -0.05) is 19.3 Å². The lowest BCUT2D eigenvalue weighted by molar-refractivity contribution is 0.264. The van der Waals surface area contributed by atoms with E-state index < -0.39 is 5.54 Å². The molecule has 1 aliphatic carbocycles. The summed E-state index contributed by atoms with van der Waals surface area (Å²) in [6, 6.07) is 6.53. The van der Waals surface area contributed by atoms with Crippen LogP contribution in [0.4, 0.5) is 11.6 Å². The lowest BCUT2D eigenvalue weighted by Gasteiger charge is -2.31. The van der Waals surface area contributed by atoms with E-state index in [9.17, 15) is 10.1 Å². The van der Waals surface area contributed by atoms with Crippen molar-refractivity contribution in [2.45, 2.75) is 51.0 Å². The molecule has 0 unspecified atom stereocenters. The lowest BCUT2D eigenvalue weighted by atomic mass is 9.82. The number of rotatable bonds is 3. The maximum absolute atomic E-state index is 13.1. The van der Waals surface area contributed by atoms with Crippen LogP contribution in [-0.4, -0.2) is 25.7 Å². The average Bonchev–Trinajstić information content (AvgIpc) is 3.31. The summed E-state index contributed by atoms with van der Waals surface area (Å²) in [5.74, 6) is 1.34. The number of hydrogen-bond donors (Lipinski definition) is 1. The summed E-state index contributed by atoms with van der Waals surface area (Å²) in [5, 5.41) is 13.3. The zero-order valence-electron chi connectivity index (χ0n) is 17.2. The van der Waals surface area contributed by atoms with Gasteiger partial charge in [-0.3, -0.25) is 9.13 Å². The minimum absolute atomic E-state index is 0.217. The summed E-state index contributed by atoms with van der Waals surface area (Å²) in [5.41, 5.74) is 3.18. The summed E-state index contributed by atoms with van der Waals surface area (Å²) in [6.07, 6.45) is 6.83. The Labute approximate surface area is 174 Å². The highest BCUT2D eigenvalue weighted by molar-refractivity contribution is 5.74. The zero-order chi connectivity index (χ0) is 20.9. The topological polar surface area (TPSA) is 97.8 Å². The molecule has 2 aliphatic rings. The van der Waals surface area contributed by atoms with Crippen molar-refractivity contribution in [2.24, 2.45) is 7.05 Å². The number of nitrogens with zero attached hydrogens (tertiary/aromatic N) is 5. The monoisotopic (exact) mass is 404 g/mol. The second-order valence-electron chi connectivity index (χ2n) is 8.28. The summed E-state index contributed by atoms with van der Waals surface area (Å²) in [4.78, 5) is 22.2. The molecule has 8 nitrogen and oxygen atoms in total. The van der Waals surface area contributed by atoms with Gasteiger partial charge >= 0.3 is 5.69 Å². The maximum Gasteiger partial charge on any atom is 0.331 e. The Morgan fingerprint density at radius 2 is 2.07 bits per heavy atom. The fraction of sp³-hybridized carbons (Fsp3) is 0.455. The van der Waals surface area contributed by atoms with Gasteiger partial charge in [-0.25, -0.2) is 9.78 Å². The van der Waals surface area contributed by atoms with Gasteiger partial charge in [0.15, 0.2) is 5.65 Å². The molecule has 1 N–H and O–H groups in total. The van der Waals surface area contributed by atoms with Crippen LogP contribution >= 0.6 is 0 Å². The van der Waals surface area contributed by atoms with Crippen molar-refractivity contribution in [2.75, 3.05) is 11.9 Å². The van der Waals surface area contributed by atoms with E-state index in [1.54, 1.807) is 17.8 Å². The van der Waals surface area contributed by atoms with Crippen LogP contribution in [0, 0.1) is 18.3 Å². The Bertz CT molecular complexity index is 1240. The standard InChI is InChI=1S/C22H24N6O2/c1-14-10-18-15(6-9-30-18)11-16(14)25-20-24-12-17-19(26-20)28(21(29)27(17)2)22(13-23)7-4-3-5-8-22/h10-12H,3-9H2,1-2H3,(H,24,25,26). The van der Waals surface area contributed by atoms with Crippen LogP contribution in [0.15, 0.2) is 23.1 Å². The molecule has 1 saturated carbocycles. The summed E-state index contributed by atoms with van der Waals surface area (Å²) < 4.78 is 8.76. The number of aromatic nitrogens is 4. The van der Waals surface area contributed by atoms with Crippen molar-refractivity contribution in [3.05, 3.63) is 39.9 Å². The van der Waals surface area contributed by atoms with Crippen molar-refractivity contribution in [3.8, 4) is 11.8 Å². The van der Waals surface area contributed by atoms with Gasteiger partial charge in [-0.15, -0.1) is 0 Å². The summed E-state index contributed by atoms with van der Waals surface area (Å²) >= 11 is 0. The largest absolute Gasteiger partial charge is 0.493 e. The van der Waals surface area contributed by atoms with E-state index in [0.717, 1.165) is 48.2 Å². The van der Waals surface area contributed by atoms with Crippen LogP contribution in [0.3, 0.4) is 0 Å². The fourth-order valence-corrected chi connectivity index (χ4v) is 4.66. The average molecular weight is 404 g/mol. The molecule has 5 rings (SSSR count). The molecule has 0 spiro atoms. The van der Waals surface area contributed by atoms with Crippen molar-refractivity contribution in [1.29, 1.82) is 5.26 Å². The minimum Gasteiger partial charge on any atom is -0.493 e. The number of fused-ring (bicyclic) bond motifs is 2. The molecule has 1 fully saturated rings. The van der Waals surface area contributed by atoms with E-state index >= 15 is 0 Å². The van der Waals surface area contributed by atoms with Gasteiger partial charge in [0, 0.05) is 19.2 Å². The Kier molecular flexibility index (Phi) is 4.28. The molecule has 0 amide bonds. The first-order valence-electron chi connectivity index (χ1n) is 10.4. The van der Waals surface area contributed by atoms with Gasteiger partial charge in [-0.2, -0.15) is 10.2 Å². The van der Waals surface area contributed by atoms with E-state index in [-0.39, 0.29) is 5.69 Å². The molecule has 0 bridgehead atoms. The van der Waals surface area contributed by atoms with Crippen LogP contribution in [0.2, 0.25) is 0 Å². The minimum atomic E-state index is -0.846. The van der Waals surface area contributed by atoms with Gasteiger partial charge in [-0.05, 0) is 43.0 Å². The molecule has 3 aromatic rings. The molecule has 0 atom stereocenters. The fourth-order valence-electron chi connectivity index (χ4n) is 4.66. The van der Waals surface area contributed by atoms with Gasteiger partial charge in [0.1, 0.15) is 16.8 Å². The zero-order valence-corrected chi connectivity index (χ0v) is 17.2. The highest BCUT2D eigenvalue weighted by Gasteiger charge is 2.38. The number of nitriles is 1. The van der Waals surface area contributed by atoms with Crippen LogP contribution in [-0.2, 0) is 19.0 Å². The number of ether oxygens (including phenoxy) is 1. The van der Waals surface area contributed by atoms with E-state index in [0.29, 0.717) is 36.6 Å². The van der Waals surface area contributed by atoms with Crippen LogP contribution < -0.4 is 15.7 Å². The van der Waals surface area contributed by atoms with Crippen LogP contribution in [0.1, 0.15) is 43.2 Å². The molecule has 3 heterocycles. The highest BCUT2D eigenvalue weighted by atomic mass is 16.5. The third-order valence-corrected chi connectivity index (χ3v) is 6.40. The van der Waals surface area contributed by atoms with Gasteiger partial charge in [0.25, 0.3) is 0 Å². The quantitative estimate of drug-likeness (QED) is 0.719. The lowest BCUT2D eigenvalue weighted by Crippen LogP contribution is -2.41. The molecule has 154 valence electrons. The first-order chi connectivity index (χ1) is 14.5. The molecule has 0 saturated heterocycles. The Hall–Kier alpha value is -3.34. The van der Waals surface area contributed by atoms with Gasteiger partial charge in [0.05, 0.1) is 18.9 Å². The molecule has 30 heavy (non-hydrogen) atoms. The maximum atomic E-state index is 13.1. The number of aryl methyl sites for hydroxylation is 2. The Balaban J connectivity index is 1.61. The van der Waals surface area contributed by atoms with Crippen molar-refractivity contribution in [3.63, 3.8) is 0 Å². The SMILES string of the molecule is Cc1cc2c(cc1Nc1ncc3c(n1)n(C1(C#N)CCCCC1)c(=O)n3C)CCO2. The van der Waals surface area contributed by atoms with Crippen molar-refractivity contribution in [1.82, 2.24) is 19.1 Å². The highest BCUT2D eigenvalue weighted by Crippen LogP contribution is 2.36.